The van der Waals surface area contributed by atoms with Gasteiger partial charge in [0.1, 0.15) is 6.61 Å². The third-order valence-corrected chi connectivity index (χ3v) is 3.84. The summed E-state index contributed by atoms with van der Waals surface area (Å²) in [6.07, 6.45) is 1.77. The highest BCUT2D eigenvalue weighted by atomic mass is 32.1. The number of ether oxygens (including phenoxy) is 1. The van der Waals surface area contributed by atoms with Crippen LogP contribution in [0, 0.1) is 0 Å². The van der Waals surface area contributed by atoms with Crippen LogP contribution in [0.3, 0.4) is 0 Å². The molecule has 1 aromatic carbocycles. The molecule has 0 aliphatic heterocycles. The molecule has 0 aliphatic carbocycles. The molecule has 0 aliphatic rings. The number of thiophene rings is 1. The molecule has 0 unspecified atom stereocenters. The number of aromatic nitrogens is 1. The molecule has 0 bridgehead atoms. The van der Waals surface area contributed by atoms with Crippen molar-refractivity contribution in [3.8, 4) is 16.2 Å². The molecule has 0 amide bonds. The summed E-state index contributed by atoms with van der Waals surface area (Å²) in [5.74, 6) is 1.04. The summed E-state index contributed by atoms with van der Waals surface area (Å²) in [6, 6.07) is 16.0. The molecular weight excluding hydrogens is 268 g/mol. The maximum atomic E-state index is 5.87. The van der Waals surface area contributed by atoms with Crippen LogP contribution in [0.1, 0.15) is 5.56 Å². The summed E-state index contributed by atoms with van der Waals surface area (Å²) in [7, 11) is 0. The summed E-state index contributed by atoms with van der Waals surface area (Å²) in [5.41, 5.74) is 8.00. The van der Waals surface area contributed by atoms with Gasteiger partial charge in [-0.25, -0.2) is 4.98 Å². The molecule has 0 saturated carbocycles. The number of pyridine rings is 1. The van der Waals surface area contributed by atoms with Gasteiger partial charge in [-0.05, 0) is 23.1 Å². The molecule has 0 saturated heterocycles. The number of rotatable bonds is 4. The van der Waals surface area contributed by atoms with E-state index in [1.54, 1.807) is 17.5 Å². The highest BCUT2D eigenvalue weighted by Crippen LogP contribution is 2.30. The van der Waals surface area contributed by atoms with E-state index in [9.17, 15) is 0 Å². The van der Waals surface area contributed by atoms with Crippen molar-refractivity contribution in [1.29, 1.82) is 0 Å². The van der Waals surface area contributed by atoms with Crippen LogP contribution in [-0.2, 0) is 6.61 Å². The molecule has 3 rings (SSSR count). The molecule has 2 heterocycles. The standard InChI is InChI=1S/C16H14N2OS/c17-16-14(19-11-12-5-2-1-3-6-12)9-13(10-18-16)15-7-4-8-20-15/h1-10H,11H2,(H2,17,18). The maximum Gasteiger partial charge on any atom is 0.166 e. The number of nitrogens with zero attached hydrogens (tertiary/aromatic N) is 1. The second-order valence-corrected chi connectivity index (χ2v) is 5.31. The van der Waals surface area contributed by atoms with Crippen LogP contribution in [-0.4, -0.2) is 4.98 Å². The van der Waals surface area contributed by atoms with Gasteiger partial charge >= 0.3 is 0 Å². The minimum atomic E-state index is 0.418. The second-order valence-electron chi connectivity index (χ2n) is 4.36. The van der Waals surface area contributed by atoms with Crippen LogP contribution in [0.25, 0.3) is 10.4 Å². The first kappa shape index (κ1) is 12.7. The fourth-order valence-electron chi connectivity index (χ4n) is 1.88. The van der Waals surface area contributed by atoms with Crippen molar-refractivity contribution in [3.63, 3.8) is 0 Å². The maximum absolute atomic E-state index is 5.87. The van der Waals surface area contributed by atoms with E-state index in [2.05, 4.69) is 11.1 Å². The lowest BCUT2D eigenvalue weighted by Crippen LogP contribution is -2.00. The van der Waals surface area contributed by atoms with Gasteiger partial charge < -0.3 is 10.5 Å². The number of hydrogen-bond donors (Lipinski definition) is 1. The van der Waals surface area contributed by atoms with E-state index >= 15 is 0 Å². The van der Waals surface area contributed by atoms with E-state index in [-0.39, 0.29) is 0 Å². The fourth-order valence-corrected chi connectivity index (χ4v) is 2.59. The largest absolute Gasteiger partial charge is 0.485 e. The second kappa shape index (κ2) is 5.75. The number of hydrogen-bond acceptors (Lipinski definition) is 4. The van der Waals surface area contributed by atoms with Gasteiger partial charge in [0.05, 0.1) is 0 Å². The molecule has 2 aromatic heterocycles. The van der Waals surface area contributed by atoms with Gasteiger partial charge in [0.15, 0.2) is 11.6 Å². The zero-order valence-corrected chi connectivity index (χ0v) is 11.6. The summed E-state index contributed by atoms with van der Waals surface area (Å²) < 4.78 is 5.78. The zero-order chi connectivity index (χ0) is 13.8. The number of benzene rings is 1. The van der Waals surface area contributed by atoms with Crippen LogP contribution in [0.4, 0.5) is 5.82 Å². The van der Waals surface area contributed by atoms with Crippen LogP contribution < -0.4 is 10.5 Å². The minimum Gasteiger partial charge on any atom is -0.485 e. The predicted molar refractivity (Wildman–Crippen MR) is 82.7 cm³/mol. The van der Waals surface area contributed by atoms with Crippen molar-refractivity contribution in [2.75, 3.05) is 5.73 Å². The fraction of sp³-hybridized carbons (Fsp3) is 0.0625. The molecule has 2 N–H and O–H groups in total. The molecule has 0 spiro atoms. The average molecular weight is 282 g/mol. The van der Waals surface area contributed by atoms with Gasteiger partial charge in [-0.15, -0.1) is 11.3 Å². The Labute approximate surface area is 121 Å². The van der Waals surface area contributed by atoms with E-state index in [1.165, 1.54) is 0 Å². The van der Waals surface area contributed by atoms with Gasteiger partial charge in [0.2, 0.25) is 0 Å². The first-order chi connectivity index (χ1) is 9.83. The van der Waals surface area contributed by atoms with Crippen LogP contribution in [0.2, 0.25) is 0 Å². The molecular formula is C16H14N2OS. The Morgan fingerprint density at radius 3 is 2.70 bits per heavy atom. The average Bonchev–Trinajstić information content (AvgIpc) is 3.02. The Morgan fingerprint density at radius 1 is 1.10 bits per heavy atom. The molecule has 0 atom stereocenters. The number of anilines is 1. The van der Waals surface area contributed by atoms with Crippen molar-refractivity contribution in [2.45, 2.75) is 6.61 Å². The third-order valence-electron chi connectivity index (χ3n) is 2.92. The van der Waals surface area contributed by atoms with E-state index in [1.807, 2.05) is 47.8 Å². The molecule has 0 fully saturated rings. The van der Waals surface area contributed by atoms with Crippen LogP contribution in [0.15, 0.2) is 60.1 Å². The van der Waals surface area contributed by atoms with E-state index in [0.717, 1.165) is 16.0 Å². The van der Waals surface area contributed by atoms with Crippen LogP contribution in [0.5, 0.6) is 5.75 Å². The Balaban J connectivity index is 1.80. The number of nitrogen functional groups attached to an aromatic ring is 1. The normalized spacial score (nSPS) is 10.4. The first-order valence-electron chi connectivity index (χ1n) is 6.29. The van der Waals surface area contributed by atoms with Gasteiger partial charge in [0.25, 0.3) is 0 Å². The minimum absolute atomic E-state index is 0.418. The molecule has 4 heteroatoms. The third kappa shape index (κ3) is 2.81. The van der Waals surface area contributed by atoms with Crippen molar-refractivity contribution in [2.24, 2.45) is 0 Å². The Hall–Kier alpha value is -2.33. The molecule has 20 heavy (non-hydrogen) atoms. The first-order valence-corrected chi connectivity index (χ1v) is 7.17. The topological polar surface area (TPSA) is 48.1 Å². The summed E-state index contributed by atoms with van der Waals surface area (Å²) in [5, 5.41) is 2.04. The molecule has 3 aromatic rings. The van der Waals surface area contributed by atoms with Crippen molar-refractivity contribution in [1.82, 2.24) is 4.98 Å². The Kier molecular flexibility index (Phi) is 3.65. The van der Waals surface area contributed by atoms with E-state index in [4.69, 9.17) is 10.5 Å². The Bertz CT molecular complexity index is 681. The number of nitrogens with two attached hydrogens (primary N) is 1. The molecule has 100 valence electrons. The SMILES string of the molecule is Nc1ncc(-c2cccs2)cc1OCc1ccccc1. The molecule has 0 radical (unpaired) electrons. The van der Waals surface area contributed by atoms with Gasteiger partial charge in [-0.3, -0.25) is 0 Å². The van der Waals surface area contributed by atoms with Gasteiger partial charge in [-0.2, -0.15) is 0 Å². The summed E-state index contributed by atoms with van der Waals surface area (Å²) in [6.45, 7) is 0.487. The van der Waals surface area contributed by atoms with Crippen LogP contribution >= 0.6 is 11.3 Å². The lowest BCUT2D eigenvalue weighted by atomic mass is 10.2. The zero-order valence-electron chi connectivity index (χ0n) is 10.8. The lowest BCUT2D eigenvalue weighted by Gasteiger charge is -2.09. The quantitative estimate of drug-likeness (QED) is 0.787. The van der Waals surface area contributed by atoms with Crippen molar-refractivity contribution < 1.29 is 4.74 Å². The lowest BCUT2D eigenvalue weighted by molar-refractivity contribution is 0.307. The predicted octanol–water partition coefficient (Wildman–Crippen LogP) is 3.97. The smallest absolute Gasteiger partial charge is 0.166 e. The molecule has 3 nitrogen and oxygen atoms in total. The van der Waals surface area contributed by atoms with E-state index < -0.39 is 0 Å². The Morgan fingerprint density at radius 2 is 1.95 bits per heavy atom. The highest BCUT2D eigenvalue weighted by Gasteiger charge is 2.06. The van der Waals surface area contributed by atoms with Gasteiger partial charge in [0, 0.05) is 16.6 Å². The van der Waals surface area contributed by atoms with E-state index in [0.29, 0.717) is 18.2 Å². The van der Waals surface area contributed by atoms with Crippen molar-refractivity contribution in [3.05, 3.63) is 65.7 Å². The van der Waals surface area contributed by atoms with Gasteiger partial charge in [-0.1, -0.05) is 36.4 Å². The monoisotopic (exact) mass is 282 g/mol. The summed E-state index contributed by atoms with van der Waals surface area (Å²) >= 11 is 1.67. The highest BCUT2D eigenvalue weighted by molar-refractivity contribution is 7.13. The summed E-state index contributed by atoms with van der Waals surface area (Å²) in [4.78, 5) is 5.36. The van der Waals surface area contributed by atoms with Crippen molar-refractivity contribution >= 4 is 17.2 Å².